The minimum atomic E-state index is -0.0764. The van der Waals surface area contributed by atoms with Crippen LogP contribution in [0.15, 0.2) is 24.5 Å². The van der Waals surface area contributed by atoms with Crippen LogP contribution in [0, 0.1) is 12.8 Å². The summed E-state index contributed by atoms with van der Waals surface area (Å²) in [5, 5.41) is 0. The standard InChI is InChI=1S/C24H31N3O4/c1-15-11-21(29-3)19(13-25-15)18-7-9-27(10-8-18)24(28)20-12-22(30-4)23(14-26-20)31-16(2)17-5-6-17/h11-14,16-18H,5-10H2,1-4H3/t16-/m1/s1. The van der Waals surface area contributed by atoms with Crippen molar-refractivity contribution in [1.29, 1.82) is 0 Å². The lowest BCUT2D eigenvalue weighted by molar-refractivity contribution is 0.0706. The zero-order chi connectivity index (χ0) is 22.0. The van der Waals surface area contributed by atoms with E-state index in [0.717, 1.165) is 29.8 Å². The lowest BCUT2D eigenvalue weighted by Gasteiger charge is -2.32. The second-order valence-electron chi connectivity index (χ2n) is 8.51. The van der Waals surface area contributed by atoms with E-state index < -0.39 is 0 Å². The lowest BCUT2D eigenvalue weighted by atomic mass is 9.89. The quantitative estimate of drug-likeness (QED) is 0.668. The molecule has 2 aliphatic rings. The molecular formula is C24H31N3O4. The van der Waals surface area contributed by atoms with Crippen LogP contribution in [0.2, 0.25) is 0 Å². The van der Waals surface area contributed by atoms with E-state index in [1.165, 1.54) is 12.8 Å². The first kappa shape index (κ1) is 21.4. The largest absolute Gasteiger partial charge is 0.496 e. The molecule has 0 spiro atoms. The molecule has 1 saturated carbocycles. The summed E-state index contributed by atoms with van der Waals surface area (Å²) in [7, 11) is 3.28. The molecule has 1 amide bonds. The van der Waals surface area contributed by atoms with Gasteiger partial charge in [0.05, 0.1) is 26.5 Å². The number of amides is 1. The number of methoxy groups -OCH3 is 2. The van der Waals surface area contributed by atoms with E-state index in [2.05, 4.69) is 16.9 Å². The zero-order valence-corrected chi connectivity index (χ0v) is 18.8. The van der Waals surface area contributed by atoms with Gasteiger partial charge in [0, 0.05) is 42.7 Å². The highest BCUT2D eigenvalue weighted by Gasteiger charge is 2.31. The molecule has 2 aromatic rings. The molecule has 1 saturated heterocycles. The third-order valence-corrected chi connectivity index (χ3v) is 6.34. The van der Waals surface area contributed by atoms with Gasteiger partial charge >= 0.3 is 0 Å². The molecule has 0 radical (unpaired) electrons. The first-order valence-electron chi connectivity index (χ1n) is 11.0. The molecule has 2 fully saturated rings. The first-order valence-corrected chi connectivity index (χ1v) is 11.0. The molecule has 0 N–H and O–H groups in total. The second kappa shape index (κ2) is 9.12. The highest BCUT2D eigenvalue weighted by Crippen LogP contribution is 2.37. The van der Waals surface area contributed by atoms with Crippen molar-refractivity contribution >= 4 is 5.91 Å². The fourth-order valence-electron chi connectivity index (χ4n) is 4.24. The van der Waals surface area contributed by atoms with E-state index in [9.17, 15) is 4.79 Å². The van der Waals surface area contributed by atoms with E-state index in [1.54, 1.807) is 26.5 Å². The van der Waals surface area contributed by atoms with Crippen LogP contribution < -0.4 is 14.2 Å². The first-order chi connectivity index (χ1) is 15.0. The maximum atomic E-state index is 13.1. The van der Waals surface area contributed by atoms with Crippen LogP contribution in [0.4, 0.5) is 0 Å². The van der Waals surface area contributed by atoms with Gasteiger partial charge in [-0.05, 0) is 51.4 Å². The summed E-state index contributed by atoms with van der Waals surface area (Å²) in [5.74, 6) is 2.88. The van der Waals surface area contributed by atoms with Crippen LogP contribution in [0.25, 0.3) is 0 Å². The number of aryl methyl sites for hydroxylation is 1. The van der Waals surface area contributed by atoms with E-state index in [1.807, 2.05) is 24.1 Å². The number of carbonyl (C=O) groups excluding carboxylic acids is 1. The van der Waals surface area contributed by atoms with Crippen molar-refractivity contribution in [3.63, 3.8) is 0 Å². The minimum Gasteiger partial charge on any atom is -0.496 e. The molecule has 7 heteroatoms. The lowest BCUT2D eigenvalue weighted by Crippen LogP contribution is -2.38. The van der Waals surface area contributed by atoms with Gasteiger partial charge in [-0.15, -0.1) is 0 Å². The van der Waals surface area contributed by atoms with E-state index >= 15 is 0 Å². The number of pyridine rings is 2. The smallest absolute Gasteiger partial charge is 0.272 e. The van der Waals surface area contributed by atoms with Crippen molar-refractivity contribution in [2.24, 2.45) is 5.92 Å². The molecular weight excluding hydrogens is 394 g/mol. The molecule has 166 valence electrons. The molecule has 31 heavy (non-hydrogen) atoms. The van der Waals surface area contributed by atoms with Gasteiger partial charge in [-0.3, -0.25) is 9.78 Å². The number of hydrogen-bond donors (Lipinski definition) is 0. The molecule has 0 unspecified atom stereocenters. The summed E-state index contributed by atoms with van der Waals surface area (Å²) in [6, 6.07) is 3.66. The number of ether oxygens (including phenoxy) is 3. The number of rotatable bonds is 7. The predicted molar refractivity (Wildman–Crippen MR) is 117 cm³/mol. The van der Waals surface area contributed by atoms with Crippen LogP contribution >= 0.6 is 0 Å². The number of piperidine rings is 1. The fraction of sp³-hybridized carbons (Fsp3) is 0.542. The third kappa shape index (κ3) is 4.75. The average Bonchev–Trinajstić information content (AvgIpc) is 3.64. The van der Waals surface area contributed by atoms with Crippen molar-refractivity contribution in [3.05, 3.63) is 41.5 Å². The van der Waals surface area contributed by atoms with E-state index in [0.29, 0.717) is 42.1 Å². The Bertz CT molecular complexity index is 936. The Hall–Kier alpha value is -2.83. The molecule has 3 heterocycles. The third-order valence-electron chi connectivity index (χ3n) is 6.34. The molecule has 1 aliphatic heterocycles. The summed E-state index contributed by atoms with van der Waals surface area (Å²) in [6.45, 7) is 5.36. The summed E-state index contributed by atoms with van der Waals surface area (Å²) in [6.07, 6.45) is 7.78. The van der Waals surface area contributed by atoms with E-state index in [-0.39, 0.29) is 12.0 Å². The molecule has 4 rings (SSSR count). The van der Waals surface area contributed by atoms with Crippen LogP contribution in [0.3, 0.4) is 0 Å². The maximum Gasteiger partial charge on any atom is 0.272 e. The molecule has 1 atom stereocenters. The SMILES string of the molecule is COc1cc(C(=O)N2CCC(c3cnc(C)cc3OC)CC2)ncc1O[C@H](C)C1CC1. The summed E-state index contributed by atoms with van der Waals surface area (Å²) in [4.78, 5) is 23.7. The van der Waals surface area contributed by atoms with Gasteiger partial charge in [-0.1, -0.05) is 0 Å². The predicted octanol–water partition coefficient (Wildman–Crippen LogP) is 4.00. The number of aromatic nitrogens is 2. The van der Waals surface area contributed by atoms with Gasteiger partial charge in [-0.25, -0.2) is 4.98 Å². The van der Waals surface area contributed by atoms with Gasteiger partial charge in [-0.2, -0.15) is 0 Å². The Kier molecular flexibility index (Phi) is 6.30. The Morgan fingerprint density at radius 3 is 2.35 bits per heavy atom. The zero-order valence-electron chi connectivity index (χ0n) is 18.8. The molecule has 2 aromatic heterocycles. The Balaban J connectivity index is 1.41. The van der Waals surface area contributed by atoms with Crippen LogP contribution in [-0.2, 0) is 0 Å². The van der Waals surface area contributed by atoms with Crippen LogP contribution in [0.1, 0.15) is 60.3 Å². The van der Waals surface area contributed by atoms with Gasteiger partial charge in [0.15, 0.2) is 11.5 Å². The van der Waals surface area contributed by atoms with Crippen molar-refractivity contribution in [2.75, 3.05) is 27.3 Å². The molecule has 1 aliphatic carbocycles. The fourth-order valence-corrected chi connectivity index (χ4v) is 4.24. The highest BCUT2D eigenvalue weighted by molar-refractivity contribution is 5.93. The van der Waals surface area contributed by atoms with Crippen LogP contribution in [0.5, 0.6) is 17.2 Å². The van der Waals surface area contributed by atoms with E-state index in [4.69, 9.17) is 14.2 Å². The van der Waals surface area contributed by atoms with Gasteiger partial charge in [0.1, 0.15) is 11.4 Å². The average molecular weight is 426 g/mol. The number of nitrogens with zero attached hydrogens (tertiary/aromatic N) is 3. The molecule has 0 aromatic carbocycles. The number of carbonyl (C=O) groups is 1. The Morgan fingerprint density at radius 1 is 1.00 bits per heavy atom. The van der Waals surface area contributed by atoms with Crippen molar-refractivity contribution in [3.8, 4) is 17.2 Å². The van der Waals surface area contributed by atoms with Crippen LogP contribution in [-0.4, -0.2) is 54.2 Å². The maximum absolute atomic E-state index is 13.1. The Morgan fingerprint density at radius 2 is 1.71 bits per heavy atom. The summed E-state index contributed by atoms with van der Waals surface area (Å²) < 4.78 is 17.0. The van der Waals surface area contributed by atoms with Gasteiger partial charge in [0.2, 0.25) is 0 Å². The normalized spacial score (nSPS) is 17.9. The molecule has 0 bridgehead atoms. The number of hydrogen-bond acceptors (Lipinski definition) is 6. The topological polar surface area (TPSA) is 73.8 Å². The number of likely N-dealkylation sites (tertiary alicyclic amines) is 1. The monoisotopic (exact) mass is 425 g/mol. The minimum absolute atomic E-state index is 0.0764. The van der Waals surface area contributed by atoms with Crippen molar-refractivity contribution in [1.82, 2.24) is 14.9 Å². The summed E-state index contributed by atoms with van der Waals surface area (Å²) in [5.41, 5.74) is 2.44. The Labute approximate surface area is 183 Å². The molecule has 7 nitrogen and oxygen atoms in total. The van der Waals surface area contributed by atoms with Crippen molar-refractivity contribution in [2.45, 2.75) is 51.6 Å². The van der Waals surface area contributed by atoms with Gasteiger partial charge in [0.25, 0.3) is 5.91 Å². The summed E-state index contributed by atoms with van der Waals surface area (Å²) >= 11 is 0. The van der Waals surface area contributed by atoms with Gasteiger partial charge < -0.3 is 19.1 Å². The van der Waals surface area contributed by atoms with Crippen molar-refractivity contribution < 1.29 is 19.0 Å². The second-order valence-corrected chi connectivity index (χ2v) is 8.51. The highest BCUT2D eigenvalue weighted by atomic mass is 16.5.